The predicted octanol–water partition coefficient (Wildman–Crippen LogP) is 1.63. The largest absolute Gasteiger partial charge is 0.347 e. The molecule has 0 unspecified atom stereocenters. The van der Waals surface area contributed by atoms with Gasteiger partial charge in [-0.3, -0.25) is 4.68 Å². The lowest BCUT2D eigenvalue weighted by Crippen LogP contribution is -2.09. The number of rotatable bonds is 7. The Morgan fingerprint density at radius 1 is 1.15 bits per heavy atom. The Balaban J connectivity index is 2.27. The Bertz CT molecular complexity index is 543. The predicted molar refractivity (Wildman–Crippen MR) is 73.5 cm³/mol. The van der Waals surface area contributed by atoms with Crippen molar-refractivity contribution in [1.82, 2.24) is 24.8 Å². The molecule has 0 atom stereocenters. The molecule has 0 spiro atoms. The average Bonchev–Trinajstić information content (AvgIpc) is 3.04. The monoisotopic (exact) mass is 279 g/mol. The highest BCUT2D eigenvalue weighted by atomic mass is 16.7. The topological polar surface area (TPSA) is 67.0 Å². The minimum absolute atomic E-state index is 0.472. The average molecular weight is 279 g/mol. The second kappa shape index (κ2) is 6.62. The van der Waals surface area contributed by atoms with Crippen molar-refractivity contribution in [2.45, 2.75) is 33.5 Å². The second-order valence-corrected chi connectivity index (χ2v) is 4.32. The molecule has 0 bridgehead atoms. The van der Waals surface area contributed by atoms with Crippen molar-refractivity contribution < 1.29 is 9.47 Å². The zero-order chi connectivity index (χ0) is 14.5. The molecule has 2 heterocycles. The molecule has 0 fully saturated rings. The van der Waals surface area contributed by atoms with E-state index >= 15 is 0 Å². The molecule has 110 valence electrons. The van der Waals surface area contributed by atoms with E-state index in [2.05, 4.69) is 22.3 Å². The summed E-state index contributed by atoms with van der Waals surface area (Å²) in [5.74, 6) is 0. The summed E-state index contributed by atoms with van der Waals surface area (Å²) in [6.07, 6.45) is 4.12. The van der Waals surface area contributed by atoms with Crippen molar-refractivity contribution in [1.29, 1.82) is 0 Å². The summed E-state index contributed by atoms with van der Waals surface area (Å²) in [5.41, 5.74) is 2.58. The standard InChI is InChI=1S/C13H21N5O2/c1-5-10-12(9-17(4)15-10)18-8-11(14-16-18)13(19-6-2)20-7-3/h8-9,13H,5-7H2,1-4H3. The number of aromatic nitrogens is 5. The van der Waals surface area contributed by atoms with Gasteiger partial charge in [0.1, 0.15) is 11.4 Å². The SMILES string of the molecule is CCOC(OCC)c1cn(-c2cn(C)nc2CC)nn1. The zero-order valence-electron chi connectivity index (χ0n) is 12.4. The lowest BCUT2D eigenvalue weighted by atomic mass is 10.3. The second-order valence-electron chi connectivity index (χ2n) is 4.32. The maximum Gasteiger partial charge on any atom is 0.204 e. The molecular weight excluding hydrogens is 258 g/mol. The fourth-order valence-electron chi connectivity index (χ4n) is 1.99. The van der Waals surface area contributed by atoms with Gasteiger partial charge in [-0.1, -0.05) is 12.1 Å². The Morgan fingerprint density at radius 3 is 2.45 bits per heavy atom. The van der Waals surface area contributed by atoms with Crippen LogP contribution in [-0.2, 0) is 22.9 Å². The summed E-state index contributed by atoms with van der Waals surface area (Å²) < 4.78 is 14.5. The summed E-state index contributed by atoms with van der Waals surface area (Å²) >= 11 is 0. The first-order valence-electron chi connectivity index (χ1n) is 6.87. The normalized spacial score (nSPS) is 11.4. The molecule has 0 aliphatic heterocycles. The molecule has 20 heavy (non-hydrogen) atoms. The van der Waals surface area contributed by atoms with Crippen molar-refractivity contribution in [3.8, 4) is 5.69 Å². The maximum absolute atomic E-state index is 5.52. The minimum atomic E-state index is -0.472. The third-order valence-electron chi connectivity index (χ3n) is 2.85. The van der Waals surface area contributed by atoms with Crippen LogP contribution in [0.3, 0.4) is 0 Å². The van der Waals surface area contributed by atoms with Crippen molar-refractivity contribution in [3.63, 3.8) is 0 Å². The lowest BCUT2D eigenvalue weighted by molar-refractivity contribution is -0.142. The van der Waals surface area contributed by atoms with E-state index in [0.29, 0.717) is 18.9 Å². The molecule has 2 aromatic rings. The van der Waals surface area contributed by atoms with E-state index < -0.39 is 6.29 Å². The van der Waals surface area contributed by atoms with Crippen LogP contribution in [-0.4, -0.2) is 38.0 Å². The highest BCUT2D eigenvalue weighted by Crippen LogP contribution is 2.19. The third kappa shape index (κ3) is 3.05. The highest BCUT2D eigenvalue weighted by molar-refractivity contribution is 5.33. The first-order valence-corrected chi connectivity index (χ1v) is 6.87. The molecule has 7 nitrogen and oxygen atoms in total. The van der Waals surface area contributed by atoms with Crippen LogP contribution < -0.4 is 0 Å². The molecule has 0 aromatic carbocycles. The van der Waals surface area contributed by atoms with Crippen LogP contribution in [0.1, 0.15) is 38.4 Å². The van der Waals surface area contributed by atoms with E-state index in [1.165, 1.54) is 0 Å². The Hall–Kier alpha value is -1.73. The first kappa shape index (κ1) is 14.7. The Kier molecular flexibility index (Phi) is 4.86. The molecule has 2 aromatic heterocycles. The molecule has 0 N–H and O–H groups in total. The summed E-state index contributed by atoms with van der Waals surface area (Å²) in [6.45, 7) is 7.03. The van der Waals surface area contributed by atoms with E-state index in [1.807, 2.05) is 33.3 Å². The number of ether oxygens (including phenoxy) is 2. The van der Waals surface area contributed by atoms with Gasteiger partial charge in [-0.2, -0.15) is 5.10 Å². The molecule has 0 saturated carbocycles. The maximum atomic E-state index is 5.52. The fourth-order valence-corrected chi connectivity index (χ4v) is 1.99. The van der Waals surface area contributed by atoms with Crippen LogP contribution in [0.5, 0.6) is 0 Å². The highest BCUT2D eigenvalue weighted by Gasteiger charge is 2.17. The number of hydrogen-bond acceptors (Lipinski definition) is 5. The van der Waals surface area contributed by atoms with E-state index in [1.54, 1.807) is 9.36 Å². The van der Waals surface area contributed by atoms with Crippen molar-refractivity contribution in [2.24, 2.45) is 7.05 Å². The van der Waals surface area contributed by atoms with Gasteiger partial charge in [0.25, 0.3) is 0 Å². The van der Waals surface area contributed by atoms with Gasteiger partial charge in [0.05, 0.1) is 18.1 Å². The van der Waals surface area contributed by atoms with Crippen LogP contribution in [0, 0.1) is 0 Å². The molecule has 2 rings (SSSR count). The van der Waals surface area contributed by atoms with Gasteiger partial charge in [0.15, 0.2) is 0 Å². The Labute approximate surface area is 118 Å². The number of aryl methyl sites for hydroxylation is 2. The quantitative estimate of drug-likeness (QED) is 0.721. The van der Waals surface area contributed by atoms with Gasteiger partial charge < -0.3 is 9.47 Å². The van der Waals surface area contributed by atoms with Crippen molar-refractivity contribution >= 4 is 0 Å². The molecule has 0 aliphatic carbocycles. The van der Waals surface area contributed by atoms with Crippen LogP contribution in [0.15, 0.2) is 12.4 Å². The number of nitrogens with zero attached hydrogens (tertiary/aromatic N) is 5. The molecule has 0 aliphatic rings. The van der Waals surface area contributed by atoms with Crippen molar-refractivity contribution in [3.05, 3.63) is 23.8 Å². The smallest absolute Gasteiger partial charge is 0.204 e. The van der Waals surface area contributed by atoms with Gasteiger partial charge >= 0.3 is 0 Å². The van der Waals surface area contributed by atoms with Crippen LogP contribution >= 0.6 is 0 Å². The van der Waals surface area contributed by atoms with Gasteiger partial charge in [-0.05, 0) is 20.3 Å². The fraction of sp³-hybridized carbons (Fsp3) is 0.615. The van der Waals surface area contributed by atoms with Crippen LogP contribution in [0.4, 0.5) is 0 Å². The summed E-state index contributed by atoms with van der Waals surface area (Å²) in [4.78, 5) is 0. The van der Waals surface area contributed by atoms with Gasteiger partial charge in [0.2, 0.25) is 6.29 Å². The van der Waals surface area contributed by atoms with E-state index in [0.717, 1.165) is 17.8 Å². The van der Waals surface area contributed by atoms with E-state index in [-0.39, 0.29) is 0 Å². The summed E-state index contributed by atoms with van der Waals surface area (Å²) in [5, 5.41) is 12.7. The summed E-state index contributed by atoms with van der Waals surface area (Å²) in [6, 6.07) is 0. The van der Waals surface area contributed by atoms with Gasteiger partial charge in [-0.25, -0.2) is 4.68 Å². The molecule has 0 saturated heterocycles. The molecular formula is C13H21N5O2. The summed E-state index contributed by atoms with van der Waals surface area (Å²) in [7, 11) is 1.89. The van der Waals surface area contributed by atoms with Crippen molar-refractivity contribution in [2.75, 3.05) is 13.2 Å². The lowest BCUT2D eigenvalue weighted by Gasteiger charge is -2.13. The first-order chi connectivity index (χ1) is 9.69. The van der Waals surface area contributed by atoms with Crippen LogP contribution in [0.25, 0.3) is 5.69 Å². The molecule has 7 heteroatoms. The Morgan fingerprint density at radius 2 is 1.85 bits per heavy atom. The number of hydrogen-bond donors (Lipinski definition) is 0. The van der Waals surface area contributed by atoms with Gasteiger partial charge in [-0.15, -0.1) is 5.10 Å². The van der Waals surface area contributed by atoms with E-state index in [9.17, 15) is 0 Å². The zero-order valence-corrected chi connectivity index (χ0v) is 12.4. The van der Waals surface area contributed by atoms with Gasteiger partial charge in [0, 0.05) is 20.3 Å². The van der Waals surface area contributed by atoms with E-state index in [4.69, 9.17) is 9.47 Å². The molecule has 0 radical (unpaired) electrons. The third-order valence-corrected chi connectivity index (χ3v) is 2.85. The minimum Gasteiger partial charge on any atom is -0.347 e. The molecule has 0 amide bonds. The van der Waals surface area contributed by atoms with Crippen LogP contribution in [0.2, 0.25) is 0 Å².